The van der Waals surface area contributed by atoms with Crippen molar-refractivity contribution in [2.24, 2.45) is 11.8 Å². The highest BCUT2D eigenvalue weighted by atomic mass is 32.1. The highest BCUT2D eigenvalue weighted by Crippen LogP contribution is 2.33. The third kappa shape index (κ3) is 4.13. The second-order valence-corrected chi connectivity index (χ2v) is 8.22. The van der Waals surface area contributed by atoms with Crippen LogP contribution in [0.2, 0.25) is 0 Å². The lowest BCUT2D eigenvalue weighted by molar-refractivity contribution is -0.134. The van der Waals surface area contributed by atoms with Gasteiger partial charge in [-0.05, 0) is 25.2 Å². The summed E-state index contributed by atoms with van der Waals surface area (Å²) < 4.78 is 0. The summed E-state index contributed by atoms with van der Waals surface area (Å²) in [6.07, 6.45) is 4.41. The van der Waals surface area contributed by atoms with Gasteiger partial charge < -0.3 is 10.2 Å². The SMILES string of the molecule is CC[C@@H]1CN(C(=O)C2CC2)CC[C@@H]1NCc1csc(C(C)C)n1. The first kappa shape index (κ1) is 16.9. The summed E-state index contributed by atoms with van der Waals surface area (Å²) in [7, 11) is 0. The van der Waals surface area contributed by atoms with E-state index in [1.165, 1.54) is 5.01 Å². The van der Waals surface area contributed by atoms with Gasteiger partial charge in [0.15, 0.2) is 0 Å². The van der Waals surface area contributed by atoms with Crippen molar-refractivity contribution >= 4 is 17.2 Å². The van der Waals surface area contributed by atoms with Gasteiger partial charge in [-0.15, -0.1) is 11.3 Å². The third-order valence-corrected chi connectivity index (χ3v) is 6.30. The molecule has 1 aromatic heterocycles. The number of amides is 1. The standard InChI is InChI=1S/C18H29N3OS/c1-4-13-10-21(18(22)14-5-6-14)8-7-16(13)19-9-15-11-23-17(20-15)12(2)3/h11-14,16,19H,4-10H2,1-3H3/t13-,16+/m1/s1. The van der Waals surface area contributed by atoms with E-state index in [2.05, 4.69) is 36.4 Å². The summed E-state index contributed by atoms with van der Waals surface area (Å²) in [6, 6.07) is 0.507. The Kier molecular flexibility index (Phi) is 5.37. The average Bonchev–Trinajstić information content (AvgIpc) is 3.29. The number of hydrogen-bond acceptors (Lipinski definition) is 4. The summed E-state index contributed by atoms with van der Waals surface area (Å²) in [4.78, 5) is 19.1. The molecule has 2 atom stereocenters. The molecule has 1 saturated heterocycles. The maximum absolute atomic E-state index is 12.3. The van der Waals surface area contributed by atoms with Crippen LogP contribution in [0.5, 0.6) is 0 Å². The van der Waals surface area contributed by atoms with E-state index < -0.39 is 0 Å². The van der Waals surface area contributed by atoms with Crippen LogP contribution in [-0.4, -0.2) is 34.9 Å². The molecular formula is C18H29N3OS. The summed E-state index contributed by atoms with van der Waals surface area (Å²) in [5, 5.41) is 7.10. The van der Waals surface area contributed by atoms with Crippen LogP contribution in [0.4, 0.5) is 0 Å². The Morgan fingerprint density at radius 2 is 2.22 bits per heavy atom. The molecule has 2 fully saturated rings. The Morgan fingerprint density at radius 1 is 1.43 bits per heavy atom. The number of likely N-dealkylation sites (tertiary alicyclic amines) is 1. The topological polar surface area (TPSA) is 45.2 Å². The Hall–Kier alpha value is -0.940. The number of piperidine rings is 1. The maximum atomic E-state index is 12.3. The number of hydrogen-bond donors (Lipinski definition) is 1. The van der Waals surface area contributed by atoms with Gasteiger partial charge in [0.25, 0.3) is 0 Å². The highest BCUT2D eigenvalue weighted by molar-refractivity contribution is 7.09. The smallest absolute Gasteiger partial charge is 0.225 e. The van der Waals surface area contributed by atoms with Crippen molar-refractivity contribution in [2.45, 2.75) is 65.0 Å². The average molecular weight is 336 g/mol. The first-order chi connectivity index (χ1) is 11.1. The predicted molar refractivity (Wildman–Crippen MR) is 94.5 cm³/mol. The highest BCUT2D eigenvalue weighted by Gasteiger charge is 2.37. The molecular weight excluding hydrogens is 306 g/mol. The Labute approximate surface area is 143 Å². The summed E-state index contributed by atoms with van der Waals surface area (Å²) in [5.74, 6) is 1.83. The molecule has 2 heterocycles. The molecule has 1 N–H and O–H groups in total. The fourth-order valence-corrected chi connectivity index (χ4v) is 4.24. The molecule has 1 saturated carbocycles. The van der Waals surface area contributed by atoms with Crippen LogP contribution in [0.1, 0.15) is 63.1 Å². The molecule has 0 bridgehead atoms. The van der Waals surface area contributed by atoms with E-state index in [1.807, 2.05) is 0 Å². The van der Waals surface area contributed by atoms with Gasteiger partial charge >= 0.3 is 0 Å². The first-order valence-corrected chi connectivity index (χ1v) is 9.93. The fraction of sp³-hybridized carbons (Fsp3) is 0.778. The zero-order valence-electron chi connectivity index (χ0n) is 14.5. The number of nitrogens with one attached hydrogen (secondary N) is 1. The van der Waals surface area contributed by atoms with Gasteiger partial charge in [-0.1, -0.05) is 27.2 Å². The lowest BCUT2D eigenvalue weighted by atomic mass is 9.89. The van der Waals surface area contributed by atoms with E-state index >= 15 is 0 Å². The van der Waals surface area contributed by atoms with Gasteiger partial charge in [0, 0.05) is 42.9 Å². The van der Waals surface area contributed by atoms with E-state index in [-0.39, 0.29) is 0 Å². The summed E-state index contributed by atoms with van der Waals surface area (Å²) in [5.41, 5.74) is 1.16. The summed E-state index contributed by atoms with van der Waals surface area (Å²) >= 11 is 1.76. The first-order valence-electron chi connectivity index (χ1n) is 9.05. The number of thiazole rings is 1. The Bertz CT molecular complexity index is 538. The molecule has 1 aliphatic heterocycles. The molecule has 1 amide bonds. The van der Waals surface area contributed by atoms with Gasteiger partial charge in [0.2, 0.25) is 5.91 Å². The quantitative estimate of drug-likeness (QED) is 0.867. The van der Waals surface area contributed by atoms with E-state index in [9.17, 15) is 4.79 Å². The predicted octanol–water partition coefficient (Wildman–Crippen LogP) is 3.39. The minimum atomic E-state index is 0.349. The van der Waals surface area contributed by atoms with E-state index in [1.54, 1.807) is 11.3 Å². The molecule has 3 rings (SSSR count). The van der Waals surface area contributed by atoms with Crippen LogP contribution < -0.4 is 5.32 Å². The molecule has 1 aliphatic carbocycles. The molecule has 2 aliphatic rings. The second kappa shape index (κ2) is 7.31. The molecule has 0 radical (unpaired) electrons. The number of aromatic nitrogens is 1. The largest absolute Gasteiger partial charge is 0.342 e. The molecule has 128 valence electrons. The molecule has 5 heteroatoms. The van der Waals surface area contributed by atoms with Crippen LogP contribution in [0.3, 0.4) is 0 Å². The van der Waals surface area contributed by atoms with Crippen molar-refractivity contribution in [3.8, 4) is 0 Å². The normalized spacial score (nSPS) is 25.1. The van der Waals surface area contributed by atoms with Crippen LogP contribution in [-0.2, 0) is 11.3 Å². The zero-order chi connectivity index (χ0) is 16.4. The summed E-state index contributed by atoms with van der Waals surface area (Å²) in [6.45, 7) is 9.31. The lowest BCUT2D eigenvalue weighted by Crippen LogP contribution is -2.51. The van der Waals surface area contributed by atoms with Crippen molar-refractivity contribution in [1.82, 2.24) is 15.2 Å². The van der Waals surface area contributed by atoms with Crippen LogP contribution >= 0.6 is 11.3 Å². The van der Waals surface area contributed by atoms with Crippen molar-refractivity contribution in [1.29, 1.82) is 0 Å². The van der Waals surface area contributed by atoms with Gasteiger partial charge in [0.1, 0.15) is 0 Å². The molecule has 4 nitrogen and oxygen atoms in total. The number of carbonyl (C=O) groups excluding carboxylic acids is 1. The van der Waals surface area contributed by atoms with Crippen molar-refractivity contribution in [3.63, 3.8) is 0 Å². The third-order valence-electron chi connectivity index (χ3n) is 5.11. The Morgan fingerprint density at radius 3 is 2.83 bits per heavy atom. The Balaban J connectivity index is 1.52. The fourth-order valence-electron chi connectivity index (χ4n) is 3.41. The van der Waals surface area contributed by atoms with Gasteiger partial charge in [-0.25, -0.2) is 4.98 Å². The molecule has 0 spiro atoms. The molecule has 0 aromatic carbocycles. The van der Waals surface area contributed by atoms with Gasteiger partial charge in [0.05, 0.1) is 10.7 Å². The number of nitrogens with zero attached hydrogens (tertiary/aromatic N) is 2. The van der Waals surface area contributed by atoms with E-state index in [0.717, 1.165) is 51.0 Å². The van der Waals surface area contributed by atoms with Crippen molar-refractivity contribution in [3.05, 3.63) is 16.1 Å². The zero-order valence-corrected chi connectivity index (χ0v) is 15.4. The van der Waals surface area contributed by atoms with Crippen molar-refractivity contribution in [2.75, 3.05) is 13.1 Å². The van der Waals surface area contributed by atoms with E-state index in [4.69, 9.17) is 4.98 Å². The monoisotopic (exact) mass is 335 g/mol. The number of rotatable bonds is 6. The molecule has 23 heavy (non-hydrogen) atoms. The lowest BCUT2D eigenvalue weighted by Gasteiger charge is -2.39. The van der Waals surface area contributed by atoms with Crippen LogP contribution in [0, 0.1) is 11.8 Å². The minimum absolute atomic E-state index is 0.349. The second-order valence-electron chi connectivity index (χ2n) is 7.33. The van der Waals surface area contributed by atoms with Gasteiger partial charge in [-0.3, -0.25) is 4.79 Å². The van der Waals surface area contributed by atoms with Crippen LogP contribution in [0.25, 0.3) is 0 Å². The maximum Gasteiger partial charge on any atom is 0.225 e. The minimum Gasteiger partial charge on any atom is -0.342 e. The van der Waals surface area contributed by atoms with Gasteiger partial charge in [-0.2, -0.15) is 0 Å². The molecule has 1 aromatic rings. The van der Waals surface area contributed by atoms with Crippen LogP contribution in [0.15, 0.2) is 5.38 Å². The number of carbonyl (C=O) groups is 1. The molecule has 0 unspecified atom stereocenters. The van der Waals surface area contributed by atoms with Crippen molar-refractivity contribution < 1.29 is 4.79 Å². The van der Waals surface area contributed by atoms with E-state index in [0.29, 0.717) is 29.7 Å².